The minimum absolute atomic E-state index is 0.274. The van der Waals surface area contributed by atoms with E-state index in [1.54, 1.807) is 7.11 Å². The van der Waals surface area contributed by atoms with E-state index < -0.39 is 0 Å². The Morgan fingerprint density at radius 1 is 1.19 bits per heavy atom. The Labute approximate surface area is 126 Å². The van der Waals surface area contributed by atoms with E-state index >= 15 is 0 Å². The number of amides is 1. The standard InChI is InChI=1S/C17H24N2O2/c1-21-16-5-3-2-4-14(16)6-9-17(20)19-12-10-18(11-13-19)15-7-8-15/h2-5,15H,6-13H2,1H3. The van der Waals surface area contributed by atoms with E-state index in [-0.39, 0.29) is 5.91 Å². The van der Waals surface area contributed by atoms with Gasteiger partial charge in [0.2, 0.25) is 5.91 Å². The normalized spacial score (nSPS) is 19.6. The first-order chi connectivity index (χ1) is 10.3. The van der Waals surface area contributed by atoms with E-state index in [0.29, 0.717) is 6.42 Å². The van der Waals surface area contributed by atoms with Crippen molar-refractivity contribution in [3.05, 3.63) is 29.8 Å². The fourth-order valence-electron chi connectivity index (χ4n) is 3.09. The number of aryl methyl sites for hydroxylation is 1. The van der Waals surface area contributed by atoms with Crippen LogP contribution in [0.4, 0.5) is 0 Å². The Morgan fingerprint density at radius 2 is 1.90 bits per heavy atom. The zero-order valence-electron chi connectivity index (χ0n) is 12.8. The van der Waals surface area contributed by atoms with Gasteiger partial charge in [-0.25, -0.2) is 0 Å². The molecule has 0 bridgehead atoms. The van der Waals surface area contributed by atoms with Gasteiger partial charge in [0.1, 0.15) is 5.75 Å². The molecular weight excluding hydrogens is 264 g/mol. The van der Waals surface area contributed by atoms with Crippen LogP contribution in [0.2, 0.25) is 0 Å². The number of carbonyl (C=O) groups is 1. The van der Waals surface area contributed by atoms with Gasteiger partial charge in [0.25, 0.3) is 0 Å². The molecule has 3 rings (SSSR count). The van der Waals surface area contributed by atoms with E-state index in [1.165, 1.54) is 12.8 Å². The van der Waals surface area contributed by atoms with E-state index in [0.717, 1.165) is 50.0 Å². The number of rotatable bonds is 5. The van der Waals surface area contributed by atoms with E-state index in [4.69, 9.17) is 4.74 Å². The fourth-order valence-corrected chi connectivity index (χ4v) is 3.09. The number of hydrogen-bond acceptors (Lipinski definition) is 3. The van der Waals surface area contributed by atoms with Crippen LogP contribution in [0, 0.1) is 0 Å². The van der Waals surface area contributed by atoms with Crippen LogP contribution in [0.1, 0.15) is 24.8 Å². The number of methoxy groups -OCH3 is 1. The van der Waals surface area contributed by atoms with Gasteiger partial charge in [-0.2, -0.15) is 0 Å². The minimum Gasteiger partial charge on any atom is -0.496 e. The van der Waals surface area contributed by atoms with Crippen molar-refractivity contribution in [2.75, 3.05) is 33.3 Å². The third-order valence-corrected chi connectivity index (χ3v) is 4.53. The number of nitrogens with zero attached hydrogens (tertiary/aromatic N) is 2. The maximum Gasteiger partial charge on any atom is 0.222 e. The van der Waals surface area contributed by atoms with Crippen molar-refractivity contribution in [1.29, 1.82) is 0 Å². The Bertz CT molecular complexity index is 491. The van der Waals surface area contributed by atoms with Gasteiger partial charge in [0.15, 0.2) is 0 Å². The van der Waals surface area contributed by atoms with Crippen molar-refractivity contribution >= 4 is 5.91 Å². The van der Waals surface area contributed by atoms with Crippen LogP contribution < -0.4 is 4.74 Å². The third-order valence-electron chi connectivity index (χ3n) is 4.53. The smallest absolute Gasteiger partial charge is 0.222 e. The highest BCUT2D eigenvalue weighted by atomic mass is 16.5. The van der Waals surface area contributed by atoms with Crippen LogP contribution >= 0.6 is 0 Å². The van der Waals surface area contributed by atoms with Gasteiger partial charge < -0.3 is 9.64 Å². The van der Waals surface area contributed by atoms with Crippen LogP contribution in [0.15, 0.2) is 24.3 Å². The van der Waals surface area contributed by atoms with Crippen LogP contribution in [0.25, 0.3) is 0 Å². The zero-order valence-corrected chi connectivity index (χ0v) is 12.8. The molecule has 0 aromatic heterocycles. The van der Waals surface area contributed by atoms with Gasteiger partial charge in [-0.15, -0.1) is 0 Å². The molecule has 1 aliphatic carbocycles. The molecule has 1 heterocycles. The summed E-state index contributed by atoms with van der Waals surface area (Å²) >= 11 is 0. The van der Waals surface area contributed by atoms with Gasteiger partial charge in [0, 0.05) is 38.6 Å². The molecule has 4 heteroatoms. The molecule has 2 fully saturated rings. The SMILES string of the molecule is COc1ccccc1CCC(=O)N1CCN(C2CC2)CC1. The predicted octanol–water partition coefficient (Wildman–Crippen LogP) is 1.93. The lowest BCUT2D eigenvalue weighted by Crippen LogP contribution is -2.49. The van der Waals surface area contributed by atoms with Crippen LogP contribution in [0.5, 0.6) is 5.75 Å². The first-order valence-corrected chi connectivity index (χ1v) is 7.91. The Balaban J connectivity index is 1.48. The first kappa shape index (κ1) is 14.4. The molecule has 0 atom stereocenters. The van der Waals surface area contributed by atoms with Crippen LogP contribution in [0.3, 0.4) is 0 Å². The number of ether oxygens (including phenoxy) is 1. The van der Waals surface area contributed by atoms with Crippen molar-refractivity contribution < 1.29 is 9.53 Å². The number of carbonyl (C=O) groups excluding carboxylic acids is 1. The molecule has 1 aliphatic heterocycles. The Morgan fingerprint density at radius 3 is 2.57 bits per heavy atom. The molecule has 1 aromatic rings. The average molecular weight is 288 g/mol. The summed E-state index contributed by atoms with van der Waals surface area (Å²) in [6.07, 6.45) is 4.03. The highest BCUT2D eigenvalue weighted by Crippen LogP contribution is 2.27. The third kappa shape index (κ3) is 3.56. The molecule has 0 radical (unpaired) electrons. The highest BCUT2D eigenvalue weighted by molar-refractivity contribution is 5.76. The molecule has 2 aliphatic rings. The lowest BCUT2D eigenvalue weighted by atomic mass is 10.1. The predicted molar refractivity (Wildman–Crippen MR) is 82.5 cm³/mol. The molecule has 0 N–H and O–H groups in total. The molecule has 1 saturated heterocycles. The summed E-state index contributed by atoms with van der Waals surface area (Å²) in [5.41, 5.74) is 1.12. The van der Waals surface area contributed by atoms with Crippen molar-refractivity contribution in [2.45, 2.75) is 31.7 Å². The molecule has 1 saturated carbocycles. The molecular formula is C17H24N2O2. The van der Waals surface area contributed by atoms with Gasteiger partial charge >= 0.3 is 0 Å². The molecule has 0 spiro atoms. The second-order valence-corrected chi connectivity index (χ2v) is 5.96. The lowest BCUT2D eigenvalue weighted by molar-refractivity contribution is -0.133. The molecule has 114 valence electrons. The summed E-state index contributed by atoms with van der Waals surface area (Å²) in [5.74, 6) is 1.15. The van der Waals surface area contributed by atoms with Gasteiger partial charge in [-0.1, -0.05) is 18.2 Å². The summed E-state index contributed by atoms with van der Waals surface area (Å²) in [4.78, 5) is 16.9. The number of hydrogen-bond donors (Lipinski definition) is 0. The van der Waals surface area contributed by atoms with E-state index in [2.05, 4.69) is 4.90 Å². The minimum atomic E-state index is 0.274. The first-order valence-electron chi connectivity index (χ1n) is 7.91. The number of benzene rings is 1. The summed E-state index contributed by atoms with van der Waals surface area (Å²) < 4.78 is 5.34. The Hall–Kier alpha value is -1.55. The maximum atomic E-state index is 12.3. The monoisotopic (exact) mass is 288 g/mol. The zero-order chi connectivity index (χ0) is 14.7. The van der Waals surface area contributed by atoms with E-state index in [1.807, 2.05) is 29.2 Å². The largest absolute Gasteiger partial charge is 0.496 e. The van der Waals surface area contributed by atoms with Crippen molar-refractivity contribution in [2.24, 2.45) is 0 Å². The quantitative estimate of drug-likeness (QED) is 0.830. The lowest BCUT2D eigenvalue weighted by Gasteiger charge is -2.35. The second-order valence-electron chi connectivity index (χ2n) is 5.96. The second kappa shape index (κ2) is 6.48. The van der Waals surface area contributed by atoms with Gasteiger partial charge in [0.05, 0.1) is 7.11 Å². The summed E-state index contributed by atoms with van der Waals surface area (Å²) in [7, 11) is 1.68. The highest BCUT2D eigenvalue weighted by Gasteiger charge is 2.32. The van der Waals surface area contributed by atoms with Crippen molar-refractivity contribution in [3.63, 3.8) is 0 Å². The maximum absolute atomic E-state index is 12.3. The summed E-state index contributed by atoms with van der Waals surface area (Å²) in [6, 6.07) is 8.76. The summed E-state index contributed by atoms with van der Waals surface area (Å²) in [6.45, 7) is 3.87. The Kier molecular flexibility index (Phi) is 4.44. The average Bonchev–Trinajstić information content (AvgIpc) is 3.38. The summed E-state index contributed by atoms with van der Waals surface area (Å²) in [5, 5.41) is 0. The van der Waals surface area contributed by atoms with Gasteiger partial charge in [-0.3, -0.25) is 9.69 Å². The van der Waals surface area contributed by atoms with Crippen LogP contribution in [-0.4, -0.2) is 55.0 Å². The molecule has 1 amide bonds. The van der Waals surface area contributed by atoms with E-state index in [9.17, 15) is 4.79 Å². The fraction of sp³-hybridized carbons (Fsp3) is 0.588. The molecule has 21 heavy (non-hydrogen) atoms. The van der Waals surface area contributed by atoms with Crippen molar-refractivity contribution in [1.82, 2.24) is 9.80 Å². The molecule has 4 nitrogen and oxygen atoms in total. The van der Waals surface area contributed by atoms with Crippen molar-refractivity contribution in [3.8, 4) is 5.75 Å². The molecule has 1 aromatic carbocycles. The number of para-hydroxylation sites is 1. The van der Waals surface area contributed by atoms with Gasteiger partial charge in [-0.05, 0) is 30.9 Å². The topological polar surface area (TPSA) is 32.8 Å². The van der Waals surface area contributed by atoms with Crippen LogP contribution in [-0.2, 0) is 11.2 Å². The molecule has 0 unspecified atom stereocenters. The number of piperazine rings is 1.